The SMILES string of the molecule is CCc1nc(C2COc3ccccc3C2)nc(Cl)c1Br. The maximum absolute atomic E-state index is 6.18. The molecule has 1 unspecified atom stereocenters. The minimum atomic E-state index is 0.154. The molecule has 0 fully saturated rings. The Hall–Kier alpha value is -1.13. The summed E-state index contributed by atoms with van der Waals surface area (Å²) in [6.07, 6.45) is 1.71. The minimum absolute atomic E-state index is 0.154. The van der Waals surface area contributed by atoms with Crippen molar-refractivity contribution in [2.45, 2.75) is 25.7 Å². The van der Waals surface area contributed by atoms with Crippen molar-refractivity contribution in [3.63, 3.8) is 0 Å². The van der Waals surface area contributed by atoms with Crippen LogP contribution in [0.4, 0.5) is 0 Å². The molecule has 1 aromatic carbocycles. The van der Waals surface area contributed by atoms with Gasteiger partial charge in [0, 0.05) is 0 Å². The molecule has 3 nitrogen and oxygen atoms in total. The summed E-state index contributed by atoms with van der Waals surface area (Å²) < 4.78 is 6.59. The highest BCUT2D eigenvalue weighted by Crippen LogP contribution is 2.33. The van der Waals surface area contributed by atoms with Crippen LogP contribution in [-0.4, -0.2) is 16.6 Å². The quantitative estimate of drug-likeness (QED) is 0.760. The van der Waals surface area contributed by atoms with Gasteiger partial charge in [0.15, 0.2) is 0 Å². The zero-order chi connectivity index (χ0) is 14.1. The van der Waals surface area contributed by atoms with Gasteiger partial charge in [-0.1, -0.05) is 36.7 Å². The van der Waals surface area contributed by atoms with E-state index in [1.165, 1.54) is 5.56 Å². The lowest BCUT2D eigenvalue weighted by atomic mass is 9.96. The number of hydrogen-bond donors (Lipinski definition) is 0. The Kier molecular flexibility index (Phi) is 3.94. The fourth-order valence-corrected chi connectivity index (χ4v) is 3.05. The van der Waals surface area contributed by atoms with E-state index in [0.29, 0.717) is 11.8 Å². The van der Waals surface area contributed by atoms with Crippen LogP contribution >= 0.6 is 27.5 Å². The van der Waals surface area contributed by atoms with Crippen LogP contribution in [0.15, 0.2) is 28.7 Å². The molecule has 1 aromatic heterocycles. The Morgan fingerprint density at radius 3 is 2.95 bits per heavy atom. The Bertz CT molecular complexity index is 648. The molecular formula is C15H14BrClN2O. The van der Waals surface area contributed by atoms with Crippen molar-refractivity contribution < 1.29 is 4.74 Å². The first-order valence-corrected chi connectivity index (χ1v) is 7.78. The lowest BCUT2D eigenvalue weighted by Crippen LogP contribution is -2.21. The Morgan fingerprint density at radius 2 is 2.15 bits per heavy atom. The van der Waals surface area contributed by atoms with Crippen LogP contribution in [0.5, 0.6) is 5.75 Å². The molecule has 20 heavy (non-hydrogen) atoms. The lowest BCUT2D eigenvalue weighted by Gasteiger charge is -2.24. The van der Waals surface area contributed by atoms with Gasteiger partial charge in [-0.3, -0.25) is 0 Å². The number of aryl methyl sites for hydroxylation is 1. The van der Waals surface area contributed by atoms with Crippen molar-refractivity contribution in [3.05, 3.63) is 51.0 Å². The second kappa shape index (κ2) is 5.70. The first kappa shape index (κ1) is 13.8. The van der Waals surface area contributed by atoms with Crippen molar-refractivity contribution in [2.24, 2.45) is 0 Å². The van der Waals surface area contributed by atoms with E-state index < -0.39 is 0 Å². The first-order valence-electron chi connectivity index (χ1n) is 6.61. The zero-order valence-corrected chi connectivity index (χ0v) is 13.4. The summed E-state index contributed by atoms with van der Waals surface area (Å²) in [6.45, 7) is 2.65. The summed E-state index contributed by atoms with van der Waals surface area (Å²) in [4.78, 5) is 9.03. The zero-order valence-electron chi connectivity index (χ0n) is 11.1. The van der Waals surface area contributed by atoms with Crippen LogP contribution in [-0.2, 0) is 12.8 Å². The monoisotopic (exact) mass is 352 g/mol. The van der Waals surface area contributed by atoms with Crippen molar-refractivity contribution >= 4 is 27.5 Å². The normalized spacial score (nSPS) is 17.4. The molecule has 0 saturated heterocycles. The summed E-state index contributed by atoms with van der Waals surface area (Å²) in [7, 11) is 0. The molecule has 0 bridgehead atoms. The van der Waals surface area contributed by atoms with Gasteiger partial charge < -0.3 is 4.74 Å². The maximum Gasteiger partial charge on any atom is 0.147 e. The van der Waals surface area contributed by atoms with Gasteiger partial charge >= 0.3 is 0 Å². The van der Waals surface area contributed by atoms with E-state index in [2.05, 4.69) is 38.9 Å². The number of nitrogens with zero attached hydrogens (tertiary/aromatic N) is 2. The largest absolute Gasteiger partial charge is 0.493 e. The molecule has 3 rings (SSSR count). The molecule has 0 saturated carbocycles. The predicted octanol–water partition coefficient (Wildman–Crippen LogP) is 4.17. The molecule has 0 aliphatic carbocycles. The van der Waals surface area contributed by atoms with Gasteiger partial charge in [0.1, 0.15) is 16.7 Å². The van der Waals surface area contributed by atoms with Crippen molar-refractivity contribution in [3.8, 4) is 5.75 Å². The summed E-state index contributed by atoms with van der Waals surface area (Å²) in [5.41, 5.74) is 2.14. The van der Waals surface area contributed by atoms with Gasteiger partial charge in [0.05, 0.1) is 22.7 Å². The maximum atomic E-state index is 6.18. The molecule has 1 atom stereocenters. The van der Waals surface area contributed by atoms with Gasteiger partial charge in [0.25, 0.3) is 0 Å². The van der Waals surface area contributed by atoms with E-state index in [-0.39, 0.29) is 5.92 Å². The van der Waals surface area contributed by atoms with E-state index in [4.69, 9.17) is 16.3 Å². The highest BCUT2D eigenvalue weighted by molar-refractivity contribution is 9.10. The van der Waals surface area contributed by atoms with E-state index in [0.717, 1.165) is 34.6 Å². The van der Waals surface area contributed by atoms with Crippen LogP contribution in [0.1, 0.15) is 29.9 Å². The number of benzene rings is 1. The number of ether oxygens (including phenoxy) is 1. The van der Waals surface area contributed by atoms with E-state index >= 15 is 0 Å². The molecule has 0 radical (unpaired) electrons. The van der Waals surface area contributed by atoms with Crippen LogP contribution < -0.4 is 4.74 Å². The fourth-order valence-electron chi connectivity index (χ4n) is 2.39. The number of halogens is 2. The van der Waals surface area contributed by atoms with Crippen LogP contribution in [0.3, 0.4) is 0 Å². The third kappa shape index (κ3) is 2.54. The summed E-state index contributed by atoms with van der Waals surface area (Å²) in [5.74, 6) is 1.88. The third-order valence-corrected chi connectivity index (χ3v) is 4.81. The molecular weight excluding hydrogens is 340 g/mol. The highest BCUT2D eigenvalue weighted by Gasteiger charge is 2.24. The molecule has 1 aliphatic rings. The van der Waals surface area contributed by atoms with Gasteiger partial charge in [-0.2, -0.15) is 0 Å². The first-order chi connectivity index (χ1) is 9.69. The smallest absolute Gasteiger partial charge is 0.147 e. The Balaban J connectivity index is 1.93. The minimum Gasteiger partial charge on any atom is -0.493 e. The van der Waals surface area contributed by atoms with Crippen molar-refractivity contribution in [1.29, 1.82) is 0 Å². The van der Waals surface area contributed by atoms with Crippen molar-refractivity contribution in [1.82, 2.24) is 9.97 Å². The van der Waals surface area contributed by atoms with Gasteiger partial charge in [0.2, 0.25) is 0 Å². The van der Waals surface area contributed by atoms with Crippen LogP contribution in [0, 0.1) is 0 Å². The molecule has 2 aromatic rings. The summed E-state index contributed by atoms with van der Waals surface area (Å²) in [5, 5.41) is 0.478. The molecule has 104 valence electrons. The second-order valence-electron chi connectivity index (χ2n) is 4.81. The fraction of sp³-hybridized carbons (Fsp3) is 0.333. The average Bonchev–Trinajstić information content (AvgIpc) is 2.49. The third-order valence-electron chi connectivity index (χ3n) is 3.48. The highest BCUT2D eigenvalue weighted by atomic mass is 79.9. The Labute approximate surface area is 131 Å². The molecule has 0 spiro atoms. The summed E-state index contributed by atoms with van der Waals surface area (Å²) >= 11 is 9.61. The molecule has 2 heterocycles. The van der Waals surface area contributed by atoms with Crippen molar-refractivity contribution in [2.75, 3.05) is 6.61 Å². The van der Waals surface area contributed by atoms with Gasteiger partial charge in [-0.15, -0.1) is 0 Å². The summed E-state index contributed by atoms with van der Waals surface area (Å²) in [6, 6.07) is 8.10. The second-order valence-corrected chi connectivity index (χ2v) is 5.96. The van der Waals surface area contributed by atoms with Gasteiger partial charge in [-0.05, 0) is 40.4 Å². The lowest BCUT2D eigenvalue weighted by molar-refractivity contribution is 0.257. The van der Waals surface area contributed by atoms with Crippen LogP contribution in [0.2, 0.25) is 5.15 Å². The van der Waals surface area contributed by atoms with Gasteiger partial charge in [-0.25, -0.2) is 9.97 Å². The molecule has 0 N–H and O–H groups in total. The van der Waals surface area contributed by atoms with E-state index in [1.54, 1.807) is 0 Å². The average molecular weight is 354 g/mol. The topological polar surface area (TPSA) is 35.0 Å². The van der Waals surface area contributed by atoms with E-state index in [9.17, 15) is 0 Å². The predicted molar refractivity (Wildman–Crippen MR) is 82.5 cm³/mol. The molecule has 1 aliphatic heterocycles. The molecule has 0 amide bonds. The number of hydrogen-bond acceptors (Lipinski definition) is 3. The standard InChI is InChI=1S/C15H14BrClN2O/c1-2-11-13(16)14(17)19-15(18-11)10-7-9-5-3-4-6-12(9)20-8-10/h3-6,10H,2,7-8H2,1H3. The number of para-hydroxylation sites is 1. The Morgan fingerprint density at radius 1 is 1.35 bits per heavy atom. The number of aromatic nitrogens is 2. The van der Waals surface area contributed by atoms with E-state index in [1.807, 2.05) is 18.2 Å². The van der Waals surface area contributed by atoms with Crippen LogP contribution in [0.25, 0.3) is 0 Å². The molecule has 5 heteroatoms. The number of rotatable bonds is 2. The number of fused-ring (bicyclic) bond motifs is 1.